The fourth-order valence-corrected chi connectivity index (χ4v) is 5.21. The van der Waals surface area contributed by atoms with Crippen LogP contribution in [0.15, 0.2) is 78.0 Å². The molecule has 4 aromatic rings. The second kappa shape index (κ2) is 14.5. The largest absolute Gasteiger partial charge is 0.493 e. The number of rotatable bonds is 12. The van der Waals surface area contributed by atoms with Crippen molar-refractivity contribution >= 4 is 35.1 Å². The topological polar surface area (TPSA) is 76.6 Å². The highest BCUT2D eigenvalue weighted by Crippen LogP contribution is 2.30. The van der Waals surface area contributed by atoms with Crippen LogP contribution in [-0.4, -0.2) is 43.7 Å². The van der Waals surface area contributed by atoms with E-state index in [0.29, 0.717) is 51.1 Å². The number of thioether (sulfide) groups is 1. The van der Waals surface area contributed by atoms with Crippen LogP contribution in [-0.2, 0) is 24.9 Å². The predicted molar refractivity (Wildman–Crippen MR) is 162 cm³/mol. The lowest BCUT2D eigenvalue weighted by Crippen LogP contribution is -2.23. The first-order valence-electron chi connectivity index (χ1n) is 13.2. The van der Waals surface area contributed by atoms with E-state index < -0.39 is 11.7 Å². The van der Waals surface area contributed by atoms with Gasteiger partial charge in [-0.05, 0) is 59.5 Å². The Morgan fingerprint density at radius 1 is 0.930 bits per heavy atom. The Morgan fingerprint density at radius 2 is 1.67 bits per heavy atom. The zero-order chi connectivity index (χ0) is 31.0. The molecule has 4 rings (SSSR count). The molecule has 12 heteroatoms. The van der Waals surface area contributed by atoms with Crippen molar-refractivity contribution in [2.24, 2.45) is 0 Å². The summed E-state index contributed by atoms with van der Waals surface area (Å²) in [5.74, 6) is 2.10. The van der Waals surface area contributed by atoms with Gasteiger partial charge in [0, 0.05) is 37.5 Å². The molecule has 1 N–H and O–H groups in total. The van der Waals surface area contributed by atoms with E-state index in [0.717, 1.165) is 29.7 Å². The molecule has 0 unspecified atom stereocenters. The average Bonchev–Trinajstić information content (AvgIpc) is 3.00. The predicted octanol–water partition coefficient (Wildman–Crippen LogP) is 7.07. The Balaban J connectivity index is 1.35. The van der Waals surface area contributed by atoms with Gasteiger partial charge in [0.1, 0.15) is 11.0 Å². The van der Waals surface area contributed by atoms with Crippen molar-refractivity contribution in [3.05, 3.63) is 106 Å². The summed E-state index contributed by atoms with van der Waals surface area (Å²) < 4.78 is 49.6. The number of alkyl halides is 3. The van der Waals surface area contributed by atoms with Crippen molar-refractivity contribution in [1.82, 2.24) is 15.3 Å². The first-order chi connectivity index (χ1) is 20.5. The molecule has 0 radical (unpaired) electrons. The zero-order valence-electron chi connectivity index (χ0n) is 23.7. The molecule has 0 fully saturated rings. The number of carbonyl (C=O) groups is 1. The van der Waals surface area contributed by atoms with Gasteiger partial charge in [-0.3, -0.25) is 4.79 Å². The minimum absolute atomic E-state index is 0.0274. The highest BCUT2D eigenvalue weighted by atomic mass is 35.5. The summed E-state index contributed by atoms with van der Waals surface area (Å²) >= 11 is 7.69. The van der Waals surface area contributed by atoms with Gasteiger partial charge in [0.15, 0.2) is 16.7 Å². The molecule has 0 aliphatic carbocycles. The first kappa shape index (κ1) is 32.0. The zero-order valence-corrected chi connectivity index (χ0v) is 25.3. The fraction of sp³-hybridized carbons (Fsp3) is 0.258. The van der Waals surface area contributed by atoms with E-state index in [1.165, 1.54) is 23.9 Å². The SMILES string of the molecule is COc1ccc(CCN(C)c2cc(Cl)nc(SCc3cccc(C(=O)NCc4cccc(C(F)(F)F)c4)c3)n2)cc1OC. The minimum atomic E-state index is -4.44. The summed E-state index contributed by atoms with van der Waals surface area (Å²) in [6.07, 6.45) is -3.70. The van der Waals surface area contributed by atoms with Gasteiger partial charge in [-0.1, -0.05) is 53.7 Å². The van der Waals surface area contributed by atoms with Crippen LogP contribution in [0.4, 0.5) is 19.0 Å². The van der Waals surface area contributed by atoms with Gasteiger partial charge in [-0.25, -0.2) is 9.97 Å². The summed E-state index contributed by atoms with van der Waals surface area (Å²) in [7, 11) is 5.13. The molecule has 0 spiro atoms. The third-order valence-electron chi connectivity index (χ3n) is 6.50. The molecule has 7 nitrogen and oxygen atoms in total. The molecule has 1 amide bonds. The molecule has 226 valence electrons. The maximum absolute atomic E-state index is 13.0. The van der Waals surface area contributed by atoms with E-state index in [9.17, 15) is 18.0 Å². The third kappa shape index (κ3) is 9.01. The van der Waals surface area contributed by atoms with Crippen LogP contribution < -0.4 is 19.7 Å². The maximum Gasteiger partial charge on any atom is 0.416 e. The van der Waals surface area contributed by atoms with Gasteiger partial charge in [-0.2, -0.15) is 13.2 Å². The van der Waals surface area contributed by atoms with Crippen LogP contribution >= 0.6 is 23.4 Å². The third-order valence-corrected chi connectivity index (χ3v) is 7.61. The van der Waals surface area contributed by atoms with Gasteiger partial charge < -0.3 is 19.7 Å². The standard InChI is InChI=1S/C31H30ClF3N4O3S/c1-39(13-12-20-10-11-25(41-2)26(16-20)42-3)28-17-27(32)37-30(38-28)43-19-22-7-4-8-23(14-22)29(40)36-18-21-6-5-9-24(15-21)31(33,34)35/h4-11,14-17H,12-13,18-19H2,1-3H3,(H,36,40). The van der Waals surface area contributed by atoms with E-state index in [1.807, 2.05) is 36.2 Å². The van der Waals surface area contributed by atoms with Crippen molar-refractivity contribution in [2.45, 2.75) is 30.1 Å². The number of benzene rings is 3. The number of nitrogens with zero attached hydrogens (tertiary/aromatic N) is 3. The number of hydrogen-bond donors (Lipinski definition) is 1. The number of carbonyl (C=O) groups excluding carboxylic acids is 1. The quantitative estimate of drug-likeness (QED) is 0.102. The van der Waals surface area contributed by atoms with E-state index in [4.69, 9.17) is 21.1 Å². The van der Waals surface area contributed by atoms with Gasteiger partial charge in [-0.15, -0.1) is 0 Å². The van der Waals surface area contributed by atoms with Crippen LogP contribution in [0.2, 0.25) is 5.15 Å². The molecule has 43 heavy (non-hydrogen) atoms. The normalized spacial score (nSPS) is 11.2. The van der Waals surface area contributed by atoms with E-state index in [-0.39, 0.29) is 12.5 Å². The number of likely N-dealkylation sites (N-methyl/N-ethyl adjacent to an activating group) is 1. The maximum atomic E-state index is 13.0. The van der Waals surface area contributed by atoms with Crippen molar-refractivity contribution in [3.8, 4) is 11.5 Å². The Bertz CT molecular complexity index is 1570. The van der Waals surface area contributed by atoms with Gasteiger partial charge in [0.05, 0.1) is 19.8 Å². The fourth-order valence-electron chi connectivity index (χ4n) is 4.19. The number of hydrogen-bond acceptors (Lipinski definition) is 7. The summed E-state index contributed by atoms with van der Waals surface area (Å²) in [6.45, 7) is 0.644. The lowest BCUT2D eigenvalue weighted by molar-refractivity contribution is -0.137. The number of aromatic nitrogens is 2. The van der Waals surface area contributed by atoms with Crippen LogP contribution in [0.5, 0.6) is 11.5 Å². The Kier molecular flexibility index (Phi) is 10.8. The first-order valence-corrected chi connectivity index (χ1v) is 14.5. The molecular formula is C31H30ClF3N4O3S. The molecule has 0 bridgehead atoms. The minimum Gasteiger partial charge on any atom is -0.493 e. The monoisotopic (exact) mass is 630 g/mol. The summed E-state index contributed by atoms with van der Waals surface area (Å²) in [5.41, 5.74) is 1.93. The Labute approximate surface area is 257 Å². The van der Waals surface area contributed by atoms with Crippen molar-refractivity contribution in [3.63, 3.8) is 0 Å². The Morgan fingerprint density at radius 3 is 2.42 bits per heavy atom. The van der Waals surface area contributed by atoms with Crippen LogP contribution in [0.25, 0.3) is 0 Å². The summed E-state index contributed by atoms with van der Waals surface area (Å²) in [6, 6.07) is 19.4. The molecular weight excluding hydrogens is 601 g/mol. The molecule has 0 saturated carbocycles. The van der Waals surface area contributed by atoms with Crippen LogP contribution in [0, 0.1) is 0 Å². The molecule has 0 aliphatic heterocycles. The molecule has 1 heterocycles. The highest BCUT2D eigenvalue weighted by Gasteiger charge is 2.30. The second-order valence-corrected chi connectivity index (χ2v) is 10.9. The number of methoxy groups -OCH3 is 2. The van der Waals surface area contributed by atoms with Crippen molar-refractivity contribution in [2.75, 3.05) is 32.7 Å². The van der Waals surface area contributed by atoms with Gasteiger partial charge in [0.2, 0.25) is 0 Å². The number of halogens is 4. The van der Waals surface area contributed by atoms with Crippen molar-refractivity contribution < 1.29 is 27.4 Å². The second-order valence-electron chi connectivity index (χ2n) is 9.56. The molecule has 0 aliphatic rings. The smallest absolute Gasteiger partial charge is 0.416 e. The van der Waals surface area contributed by atoms with Gasteiger partial charge in [0.25, 0.3) is 5.91 Å². The summed E-state index contributed by atoms with van der Waals surface area (Å²) in [5, 5.41) is 3.48. The number of ether oxygens (including phenoxy) is 2. The van der Waals surface area contributed by atoms with E-state index in [2.05, 4.69) is 15.3 Å². The lowest BCUT2D eigenvalue weighted by atomic mass is 10.1. The average molecular weight is 631 g/mol. The van der Waals surface area contributed by atoms with Crippen LogP contribution in [0.1, 0.15) is 32.6 Å². The van der Waals surface area contributed by atoms with Gasteiger partial charge >= 0.3 is 6.18 Å². The van der Waals surface area contributed by atoms with E-state index in [1.54, 1.807) is 38.5 Å². The van der Waals surface area contributed by atoms with Crippen LogP contribution in [0.3, 0.4) is 0 Å². The highest BCUT2D eigenvalue weighted by molar-refractivity contribution is 7.98. The molecule has 1 aromatic heterocycles. The number of nitrogens with one attached hydrogen (secondary N) is 1. The van der Waals surface area contributed by atoms with Crippen molar-refractivity contribution in [1.29, 1.82) is 0 Å². The lowest BCUT2D eigenvalue weighted by Gasteiger charge is -2.19. The number of amides is 1. The Hall–Kier alpha value is -3.96. The summed E-state index contributed by atoms with van der Waals surface area (Å²) in [4.78, 5) is 23.7. The van der Waals surface area contributed by atoms with E-state index >= 15 is 0 Å². The molecule has 0 saturated heterocycles. The number of anilines is 1. The molecule has 3 aromatic carbocycles. The molecule has 0 atom stereocenters.